The van der Waals surface area contributed by atoms with Crippen molar-refractivity contribution < 1.29 is 33.1 Å². The number of carbonyl (C=O) groups is 2. The molecular formula is C17H32N2O7S. The fraction of sp³-hybridized carbons (Fsp3) is 0.882. The van der Waals surface area contributed by atoms with E-state index in [1.807, 2.05) is 0 Å². The molecule has 1 saturated heterocycles. The smallest absolute Gasteiger partial charge is 0.442 e. The Kier molecular flexibility index (Phi) is 7.66. The van der Waals surface area contributed by atoms with Crippen LogP contribution in [0.1, 0.15) is 41.5 Å². The van der Waals surface area contributed by atoms with Crippen molar-refractivity contribution in [2.45, 2.75) is 64.1 Å². The molecule has 0 aromatic rings. The number of hydrogen-bond donors (Lipinski definition) is 1. The first-order chi connectivity index (χ1) is 12.1. The second kappa shape index (κ2) is 8.74. The van der Waals surface area contributed by atoms with Crippen molar-refractivity contribution in [1.29, 1.82) is 0 Å². The van der Waals surface area contributed by atoms with Gasteiger partial charge < -0.3 is 24.2 Å². The molecule has 0 bridgehead atoms. The van der Waals surface area contributed by atoms with Crippen LogP contribution < -0.4 is 0 Å². The van der Waals surface area contributed by atoms with Gasteiger partial charge in [0.15, 0.2) is 0 Å². The zero-order valence-corrected chi connectivity index (χ0v) is 18.0. The van der Waals surface area contributed by atoms with Gasteiger partial charge in [0, 0.05) is 12.8 Å². The van der Waals surface area contributed by atoms with E-state index in [0.29, 0.717) is 0 Å². The molecule has 0 aromatic carbocycles. The number of rotatable bonds is 2. The van der Waals surface area contributed by atoms with E-state index in [-0.39, 0.29) is 26.3 Å². The predicted molar refractivity (Wildman–Crippen MR) is 101 cm³/mol. The van der Waals surface area contributed by atoms with E-state index in [4.69, 9.17) is 14.2 Å². The summed E-state index contributed by atoms with van der Waals surface area (Å²) in [7, 11) is -3.08. The number of carbonyl (C=O) groups excluding carboxylic acids is 2. The lowest BCUT2D eigenvalue weighted by molar-refractivity contribution is -0.000866. The molecule has 1 aliphatic rings. The van der Waals surface area contributed by atoms with E-state index in [9.17, 15) is 18.9 Å². The molecule has 0 aromatic heterocycles. The molecule has 1 heterocycles. The molecule has 0 aliphatic carbocycles. The number of ether oxygens (including phenoxy) is 3. The molecule has 3 atom stereocenters. The average molecular weight is 409 g/mol. The maximum absolute atomic E-state index is 13.0. The standard InChI is InChI=1S/C17H32N2O7S/c1-16(2,3)25-14(21)18-27(7,23)13-9-19(8-12(10-20)24-11-13)15(22)26-17(4,5)6/h12-13,20H,8-11H2,1-7H3/t12-,13?,27?/m0/s1. The summed E-state index contributed by atoms with van der Waals surface area (Å²) in [6, 6.07) is 0. The molecule has 158 valence electrons. The van der Waals surface area contributed by atoms with Gasteiger partial charge >= 0.3 is 12.2 Å². The van der Waals surface area contributed by atoms with Gasteiger partial charge in [-0.25, -0.2) is 13.8 Å². The van der Waals surface area contributed by atoms with Crippen LogP contribution in [0.5, 0.6) is 0 Å². The van der Waals surface area contributed by atoms with Crippen molar-refractivity contribution in [1.82, 2.24) is 4.90 Å². The summed E-state index contributed by atoms with van der Waals surface area (Å²) >= 11 is 0. The highest BCUT2D eigenvalue weighted by atomic mass is 32.2. The molecule has 1 fully saturated rings. The van der Waals surface area contributed by atoms with Gasteiger partial charge in [0.25, 0.3) is 0 Å². The molecule has 0 spiro atoms. The molecule has 10 heteroatoms. The van der Waals surface area contributed by atoms with Crippen LogP contribution >= 0.6 is 0 Å². The molecule has 27 heavy (non-hydrogen) atoms. The minimum Gasteiger partial charge on any atom is -0.444 e. The normalized spacial score (nSPS) is 23.8. The van der Waals surface area contributed by atoms with E-state index in [1.54, 1.807) is 41.5 Å². The van der Waals surface area contributed by atoms with E-state index >= 15 is 0 Å². The summed E-state index contributed by atoms with van der Waals surface area (Å²) in [6.45, 7) is 10.0. The van der Waals surface area contributed by atoms with Crippen LogP contribution in [0.15, 0.2) is 4.36 Å². The van der Waals surface area contributed by atoms with Gasteiger partial charge in [0.1, 0.15) is 11.2 Å². The van der Waals surface area contributed by atoms with E-state index < -0.39 is 44.5 Å². The van der Waals surface area contributed by atoms with Crippen molar-refractivity contribution in [3.05, 3.63) is 0 Å². The first kappa shape index (κ1) is 23.6. The Morgan fingerprint density at radius 3 is 2.19 bits per heavy atom. The topological polar surface area (TPSA) is 115 Å². The highest BCUT2D eigenvalue weighted by Gasteiger charge is 2.34. The maximum atomic E-state index is 13.0. The van der Waals surface area contributed by atoms with Gasteiger partial charge in [0.05, 0.1) is 40.8 Å². The summed E-state index contributed by atoms with van der Waals surface area (Å²) in [6.07, 6.45) is -0.845. The Morgan fingerprint density at radius 1 is 1.15 bits per heavy atom. The van der Waals surface area contributed by atoms with Crippen LogP contribution in [-0.2, 0) is 23.9 Å². The Labute approximate surface area is 161 Å². The number of nitrogens with zero attached hydrogens (tertiary/aromatic N) is 2. The van der Waals surface area contributed by atoms with Crippen LogP contribution in [0.3, 0.4) is 0 Å². The second-order valence-corrected chi connectivity index (χ2v) is 11.1. The monoisotopic (exact) mass is 408 g/mol. The minimum atomic E-state index is -3.08. The Bertz CT molecular complexity index is 657. The van der Waals surface area contributed by atoms with E-state index in [2.05, 4.69) is 4.36 Å². The van der Waals surface area contributed by atoms with Crippen molar-refractivity contribution in [2.24, 2.45) is 4.36 Å². The Balaban J connectivity index is 3.06. The van der Waals surface area contributed by atoms with Gasteiger partial charge in [-0.1, -0.05) is 0 Å². The number of aliphatic hydroxyl groups is 1. The van der Waals surface area contributed by atoms with Crippen LogP contribution in [0.2, 0.25) is 0 Å². The predicted octanol–water partition coefficient (Wildman–Crippen LogP) is 2.02. The fourth-order valence-electron chi connectivity index (χ4n) is 2.27. The molecule has 2 unspecified atom stereocenters. The molecule has 1 rings (SSSR count). The Morgan fingerprint density at radius 2 is 1.70 bits per heavy atom. The number of hydrogen-bond acceptors (Lipinski definition) is 7. The van der Waals surface area contributed by atoms with E-state index in [0.717, 1.165) is 0 Å². The summed E-state index contributed by atoms with van der Waals surface area (Å²) in [5.41, 5.74) is -1.47. The van der Waals surface area contributed by atoms with Crippen LogP contribution in [-0.4, -0.2) is 81.5 Å². The summed E-state index contributed by atoms with van der Waals surface area (Å²) < 4.78 is 32.8. The van der Waals surface area contributed by atoms with Crippen molar-refractivity contribution in [3.8, 4) is 0 Å². The lowest BCUT2D eigenvalue weighted by Gasteiger charge is -2.28. The average Bonchev–Trinajstić information content (AvgIpc) is 2.65. The van der Waals surface area contributed by atoms with Crippen LogP contribution in [0.4, 0.5) is 9.59 Å². The van der Waals surface area contributed by atoms with Gasteiger partial charge in [-0.15, -0.1) is 4.36 Å². The summed E-state index contributed by atoms with van der Waals surface area (Å²) in [5.74, 6) is 0. The fourth-order valence-corrected chi connectivity index (χ4v) is 3.54. The first-order valence-electron chi connectivity index (χ1n) is 8.77. The number of amides is 2. The summed E-state index contributed by atoms with van der Waals surface area (Å²) in [4.78, 5) is 25.8. The first-order valence-corrected chi connectivity index (χ1v) is 10.8. The second-order valence-electron chi connectivity index (χ2n) is 8.58. The lowest BCUT2D eigenvalue weighted by Crippen LogP contribution is -2.44. The van der Waals surface area contributed by atoms with E-state index in [1.165, 1.54) is 11.2 Å². The van der Waals surface area contributed by atoms with Gasteiger partial charge in [-0.3, -0.25) is 0 Å². The number of aliphatic hydroxyl groups excluding tert-OH is 1. The highest BCUT2D eigenvalue weighted by Crippen LogP contribution is 2.18. The van der Waals surface area contributed by atoms with Crippen LogP contribution in [0.25, 0.3) is 0 Å². The van der Waals surface area contributed by atoms with Crippen molar-refractivity contribution in [3.63, 3.8) is 0 Å². The van der Waals surface area contributed by atoms with Gasteiger partial charge in [-0.2, -0.15) is 0 Å². The Hall–Kier alpha value is -1.39. The molecule has 1 N–H and O–H groups in total. The largest absolute Gasteiger partial charge is 0.444 e. The SMILES string of the molecule is CC(C)(C)OC(=O)N=S(C)(=O)C1CO[C@H](CO)CN(C(=O)OC(C)(C)C)C1. The zero-order chi connectivity index (χ0) is 21.0. The third-order valence-electron chi connectivity index (χ3n) is 3.49. The molecule has 2 amide bonds. The van der Waals surface area contributed by atoms with Gasteiger partial charge in [0.2, 0.25) is 0 Å². The molecule has 9 nitrogen and oxygen atoms in total. The van der Waals surface area contributed by atoms with Crippen molar-refractivity contribution >= 4 is 21.9 Å². The highest BCUT2D eigenvalue weighted by molar-refractivity contribution is 7.93. The lowest BCUT2D eigenvalue weighted by atomic mass is 10.2. The summed E-state index contributed by atoms with van der Waals surface area (Å²) in [5, 5.41) is 8.70. The molecule has 0 saturated carbocycles. The molecule has 1 aliphatic heterocycles. The molecular weight excluding hydrogens is 376 g/mol. The third-order valence-corrected chi connectivity index (χ3v) is 5.52. The van der Waals surface area contributed by atoms with Crippen LogP contribution in [0, 0.1) is 0 Å². The zero-order valence-electron chi connectivity index (χ0n) is 17.2. The minimum absolute atomic E-state index is 0.0209. The molecule has 0 radical (unpaired) electrons. The third kappa shape index (κ3) is 8.44. The van der Waals surface area contributed by atoms with Crippen molar-refractivity contribution in [2.75, 3.05) is 32.6 Å². The van der Waals surface area contributed by atoms with Gasteiger partial charge in [-0.05, 0) is 41.5 Å². The maximum Gasteiger partial charge on any atom is 0.442 e. The quantitative estimate of drug-likeness (QED) is 0.743.